The molecular formula is C24H25N6O5S2+. The summed E-state index contributed by atoms with van der Waals surface area (Å²) in [6, 6.07) is 14.4. The minimum atomic E-state index is -4.42. The molecule has 3 aliphatic rings. The summed E-state index contributed by atoms with van der Waals surface area (Å²) in [5, 5.41) is 16.3. The Balaban J connectivity index is 1.87. The summed E-state index contributed by atoms with van der Waals surface area (Å²) in [4.78, 5) is 17.5. The Hall–Kier alpha value is -3.65. The lowest BCUT2D eigenvalue weighted by Gasteiger charge is -2.33. The number of nitrogen functional groups attached to an aromatic ring is 1. The van der Waals surface area contributed by atoms with Crippen molar-refractivity contribution >= 4 is 43.3 Å². The van der Waals surface area contributed by atoms with E-state index in [9.17, 15) is 21.6 Å². The van der Waals surface area contributed by atoms with Crippen LogP contribution in [0, 0.1) is 11.3 Å². The number of amidine groups is 1. The molecule has 3 atom stereocenters. The Morgan fingerprint density at radius 1 is 1.05 bits per heavy atom. The van der Waals surface area contributed by atoms with Crippen LogP contribution in [0.3, 0.4) is 0 Å². The minimum Gasteiger partial charge on any atom is -0.384 e. The number of hydrogen-bond donors (Lipinski definition) is 4. The maximum atomic E-state index is 13.6. The summed E-state index contributed by atoms with van der Waals surface area (Å²) >= 11 is 0. The summed E-state index contributed by atoms with van der Waals surface area (Å²) in [5.74, 6) is -1.96. The van der Waals surface area contributed by atoms with Crippen molar-refractivity contribution in [3.63, 3.8) is 0 Å². The molecule has 1 aromatic heterocycles. The smallest absolute Gasteiger partial charge is 0.299 e. The van der Waals surface area contributed by atoms with Gasteiger partial charge in [-0.15, -0.1) is 0 Å². The second kappa shape index (κ2) is 8.45. The number of nitrogens with two attached hydrogens (primary N) is 2. The quantitative estimate of drug-likeness (QED) is 0.218. The van der Waals surface area contributed by atoms with Crippen LogP contribution in [0.25, 0.3) is 11.1 Å². The van der Waals surface area contributed by atoms with Crippen molar-refractivity contribution in [1.29, 1.82) is 5.41 Å². The van der Waals surface area contributed by atoms with E-state index < -0.39 is 41.7 Å². The summed E-state index contributed by atoms with van der Waals surface area (Å²) in [6.45, 7) is -0.370. The average Bonchev–Trinajstić information content (AvgIpc) is 3.26. The fourth-order valence-electron chi connectivity index (χ4n) is 5.37. The lowest BCUT2D eigenvalue weighted by atomic mass is 9.87. The van der Waals surface area contributed by atoms with Gasteiger partial charge in [0.25, 0.3) is 10.0 Å². The van der Waals surface area contributed by atoms with Gasteiger partial charge in [0.1, 0.15) is 30.7 Å². The van der Waals surface area contributed by atoms with Gasteiger partial charge in [-0.2, -0.15) is 12.3 Å². The molecule has 0 saturated carbocycles. The van der Waals surface area contributed by atoms with Gasteiger partial charge in [-0.05, 0) is 23.8 Å². The third kappa shape index (κ3) is 4.09. The van der Waals surface area contributed by atoms with E-state index in [1.54, 1.807) is 48.5 Å². The standard InChI is InChI=1S/C24H24N6O5S2/c1-36(32,33)30-12-18(14-4-2-5-15(10-14)23(25)26)19(13-30)24(31)29-21-9-8-16(11-28-21)17-6-3-7-20(30)22(17)37(27,34)35/h2-11,18-19H,12-13H2,1H3,(H5-,25,26,27,28,29,31,34,35)/p+1/t18-,19-,30-/m0/s1. The van der Waals surface area contributed by atoms with Gasteiger partial charge in [0.15, 0.2) is 10.6 Å². The first-order valence-corrected chi connectivity index (χ1v) is 14.7. The molecule has 11 nitrogen and oxygen atoms in total. The molecule has 2 aromatic carbocycles. The first-order chi connectivity index (χ1) is 17.3. The molecule has 1 saturated heterocycles. The highest BCUT2D eigenvalue weighted by molar-refractivity contribution is 7.91. The normalized spacial score (nSPS) is 23.1. The third-order valence-corrected chi connectivity index (χ3v) is 9.87. The van der Waals surface area contributed by atoms with Crippen molar-refractivity contribution < 1.29 is 21.6 Å². The molecule has 3 aliphatic heterocycles. The summed E-state index contributed by atoms with van der Waals surface area (Å²) < 4.78 is 52.4. The molecule has 6 rings (SSSR count). The summed E-state index contributed by atoms with van der Waals surface area (Å²) in [7, 11) is -8.49. The van der Waals surface area contributed by atoms with E-state index in [0.29, 0.717) is 16.7 Å². The third-order valence-electron chi connectivity index (χ3n) is 7.11. The number of aromatic nitrogens is 1. The van der Waals surface area contributed by atoms with Gasteiger partial charge >= 0.3 is 0 Å². The molecule has 0 aliphatic carbocycles. The molecule has 13 heteroatoms. The number of nitrogens with one attached hydrogen (secondary N) is 2. The number of nitrogens with zero attached hydrogens (tertiary/aromatic N) is 2. The Kier molecular flexibility index (Phi) is 5.71. The first kappa shape index (κ1) is 25.0. The highest BCUT2D eigenvalue weighted by Crippen LogP contribution is 2.48. The number of anilines is 1. The lowest BCUT2D eigenvalue weighted by molar-refractivity contribution is -0.119. The molecule has 1 fully saturated rings. The van der Waals surface area contributed by atoms with E-state index in [0.717, 1.165) is 6.26 Å². The van der Waals surface area contributed by atoms with E-state index in [4.69, 9.17) is 16.3 Å². The van der Waals surface area contributed by atoms with Crippen LogP contribution in [0.15, 0.2) is 65.7 Å². The molecule has 0 unspecified atom stereocenters. The van der Waals surface area contributed by atoms with Crippen LogP contribution in [0.1, 0.15) is 17.0 Å². The van der Waals surface area contributed by atoms with Gasteiger partial charge in [0.05, 0.1) is 12.2 Å². The van der Waals surface area contributed by atoms with Crippen molar-refractivity contribution in [2.24, 2.45) is 16.8 Å². The van der Waals surface area contributed by atoms with Crippen LogP contribution >= 0.6 is 0 Å². The summed E-state index contributed by atoms with van der Waals surface area (Å²) in [5.41, 5.74) is 7.28. The molecule has 0 spiro atoms. The Morgan fingerprint density at radius 3 is 2.38 bits per heavy atom. The first-order valence-electron chi connectivity index (χ1n) is 11.3. The maximum Gasteiger partial charge on any atom is 0.299 e. The molecule has 3 aromatic rings. The summed E-state index contributed by atoms with van der Waals surface area (Å²) in [6.07, 6.45) is 2.43. The number of quaternary nitrogens is 1. The van der Waals surface area contributed by atoms with Crippen LogP contribution < -0.4 is 20.1 Å². The second-order valence-corrected chi connectivity index (χ2v) is 13.0. The van der Waals surface area contributed by atoms with E-state index in [-0.39, 0.29) is 40.9 Å². The maximum absolute atomic E-state index is 13.6. The number of rotatable bonds is 4. The van der Waals surface area contributed by atoms with E-state index in [1.807, 2.05) is 0 Å². The highest BCUT2D eigenvalue weighted by atomic mass is 32.2. The Labute approximate surface area is 214 Å². The second-order valence-electron chi connectivity index (χ2n) is 9.36. The number of carbonyl (C=O) groups is 1. The van der Waals surface area contributed by atoms with E-state index in [1.165, 1.54) is 12.3 Å². The van der Waals surface area contributed by atoms with Crippen molar-refractivity contribution in [3.8, 4) is 11.1 Å². The number of fused-ring (bicyclic) bond motifs is 3. The van der Waals surface area contributed by atoms with Crippen molar-refractivity contribution in [1.82, 2.24) is 8.87 Å². The molecular weight excluding hydrogens is 516 g/mol. The Bertz CT molecular complexity index is 1670. The fraction of sp³-hybridized carbons (Fsp3) is 0.208. The van der Waals surface area contributed by atoms with Gasteiger partial charge in [0, 0.05) is 29.0 Å². The molecule has 6 N–H and O–H groups in total. The SMILES string of the molecule is CS(=O)(=O)[N@@+]12C[C@H](C(=O)Nc3ccc(cn3)-c3cccc1c3S(N)(=O)=O)[C@H](c1cccc(C(=N)N)c1)C2. The topological polar surface area (TPSA) is 186 Å². The van der Waals surface area contributed by atoms with Crippen molar-refractivity contribution in [2.45, 2.75) is 10.8 Å². The molecule has 37 heavy (non-hydrogen) atoms. The average molecular weight is 542 g/mol. The number of primary sulfonamides is 1. The number of benzene rings is 2. The Morgan fingerprint density at radius 2 is 1.76 bits per heavy atom. The zero-order valence-corrected chi connectivity index (χ0v) is 21.4. The molecule has 0 radical (unpaired) electrons. The number of pyridine rings is 1. The minimum absolute atomic E-state index is 0.0322. The van der Waals surface area contributed by atoms with Gasteiger partial charge in [-0.25, -0.2) is 18.5 Å². The van der Waals surface area contributed by atoms with E-state index in [2.05, 4.69) is 10.3 Å². The number of sulfonamides is 2. The fourth-order valence-corrected chi connectivity index (χ4v) is 7.83. The highest BCUT2D eigenvalue weighted by Gasteiger charge is 2.57. The number of carbonyl (C=O) groups excluding carboxylic acids is 1. The number of amides is 1. The van der Waals surface area contributed by atoms with Crippen LogP contribution in [0.2, 0.25) is 0 Å². The zero-order chi connectivity index (χ0) is 26.8. The lowest BCUT2D eigenvalue weighted by Crippen LogP contribution is -2.53. The van der Waals surface area contributed by atoms with Gasteiger partial charge in [0.2, 0.25) is 15.9 Å². The molecule has 4 heterocycles. The predicted octanol–water partition coefficient (Wildman–Crippen LogP) is 1.31. The van der Waals surface area contributed by atoms with Gasteiger partial charge in [-0.1, -0.05) is 30.3 Å². The van der Waals surface area contributed by atoms with Crippen molar-refractivity contribution in [3.05, 3.63) is 71.9 Å². The van der Waals surface area contributed by atoms with Crippen molar-refractivity contribution in [2.75, 3.05) is 24.7 Å². The zero-order valence-electron chi connectivity index (χ0n) is 19.7. The van der Waals surface area contributed by atoms with Crippen LogP contribution in [-0.2, 0) is 24.8 Å². The molecule has 192 valence electrons. The van der Waals surface area contributed by atoms with E-state index >= 15 is 0 Å². The molecule has 1 amide bonds. The number of hydrogen-bond acceptors (Lipinski definition) is 7. The van der Waals surface area contributed by atoms with Crippen LogP contribution in [0.5, 0.6) is 0 Å². The van der Waals surface area contributed by atoms with Crippen LogP contribution in [-0.4, -0.2) is 52.9 Å². The molecule has 6 bridgehead atoms. The van der Waals surface area contributed by atoms with Crippen LogP contribution in [0.4, 0.5) is 11.5 Å². The predicted molar refractivity (Wildman–Crippen MR) is 140 cm³/mol. The largest absolute Gasteiger partial charge is 0.384 e. The monoisotopic (exact) mass is 541 g/mol. The van der Waals surface area contributed by atoms with Gasteiger partial charge in [-0.3, -0.25) is 10.2 Å². The van der Waals surface area contributed by atoms with Gasteiger partial charge < -0.3 is 11.1 Å².